The van der Waals surface area contributed by atoms with Gasteiger partial charge in [0.2, 0.25) is 5.91 Å². The van der Waals surface area contributed by atoms with Crippen molar-refractivity contribution < 1.29 is 27.5 Å². The fraction of sp³-hybridized carbons (Fsp3) is 0.233. The molecule has 1 unspecified atom stereocenters. The van der Waals surface area contributed by atoms with Gasteiger partial charge >= 0.3 is 12.4 Å². The minimum absolute atomic E-state index is 0.113. The number of urea groups is 1. The van der Waals surface area contributed by atoms with E-state index in [2.05, 4.69) is 25.1 Å². The number of para-hydroxylation sites is 1. The number of amides is 3. The van der Waals surface area contributed by atoms with E-state index in [-0.39, 0.29) is 23.5 Å². The summed E-state index contributed by atoms with van der Waals surface area (Å²) in [5.74, 6) is 0.232. The van der Waals surface area contributed by atoms with Crippen LogP contribution in [0.25, 0.3) is 17.1 Å². The van der Waals surface area contributed by atoms with E-state index in [1.807, 2.05) is 62.4 Å². The number of halogens is 3. The minimum atomic E-state index is -4.76. The van der Waals surface area contributed by atoms with Crippen molar-refractivity contribution in [1.29, 1.82) is 0 Å². The Bertz CT molecular complexity index is 1640. The molecule has 3 amide bonds. The van der Waals surface area contributed by atoms with E-state index in [1.54, 1.807) is 0 Å². The molecular formula is C30H27F3N6O3S. The number of amidine groups is 1. The van der Waals surface area contributed by atoms with Crippen LogP contribution in [0.15, 0.2) is 84.1 Å². The summed E-state index contributed by atoms with van der Waals surface area (Å²) in [6.45, 7) is 3.88. The Morgan fingerprint density at radius 2 is 1.81 bits per heavy atom. The van der Waals surface area contributed by atoms with Crippen molar-refractivity contribution in [2.75, 3.05) is 10.7 Å². The zero-order valence-electron chi connectivity index (χ0n) is 23.2. The van der Waals surface area contributed by atoms with Crippen molar-refractivity contribution in [3.8, 4) is 22.8 Å². The number of nitrogens with one attached hydrogen (secondary N) is 1. The Morgan fingerprint density at radius 1 is 1.09 bits per heavy atom. The molecule has 1 atom stereocenters. The number of hydrogen-bond donors (Lipinski definition) is 1. The van der Waals surface area contributed by atoms with Crippen molar-refractivity contribution in [3.05, 3.63) is 90.3 Å². The number of aromatic nitrogens is 3. The average molecular weight is 609 g/mol. The fourth-order valence-electron chi connectivity index (χ4n) is 4.55. The van der Waals surface area contributed by atoms with E-state index in [9.17, 15) is 22.8 Å². The summed E-state index contributed by atoms with van der Waals surface area (Å²) in [6, 6.07) is 19.7. The lowest BCUT2D eigenvalue weighted by Gasteiger charge is -2.19. The predicted octanol–water partition coefficient (Wildman–Crippen LogP) is 6.17. The molecule has 2 heterocycles. The van der Waals surface area contributed by atoms with Gasteiger partial charge in [-0.05, 0) is 61.2 Å². The highest BCUT2D eigenvalue weighted by molar-refractivity contribution is 8.15. The quantitative estimate of drug-likeness (QED) is 0.257. The lowest BCUT2D eigenvalue weighted by atomic mass is 10.1. The predicted molar refractivity (Wildman–Crippen MR) is 158 cm³/mol. The molecule has 5 rings (SSSR count). The highest BCUT2D eigenvalue weighted by Crippen LogP contribution is 2.30. The summed E-state index contributed by atoms with van der Waals surface area (Å²) in [5, 5.41) is 7.66. The van der Waals surface area contributed by atoms with E-state index >= 15 is 0 Å². The van der Waals surface area contributed by atoms with E-state index in [4.69, 9.17) is 0 Å². The number of nitrogens with zero attached hydrogens (tertiary/aromatic N) is 5. The van der Waals surface area contributed by atoms with Gasteiger partial charge in [-0.3, -0.25) is 9.69 Å². The van der Waals surface area contributed by atoms with Crippen LogP contribution in [0, 0.1) is 0 Å². The van der Waals surface area contributed by atoms with Gasteiger partial charge in [0, 0.05) is 11.6 Å². The molecule has 1 aromatic heterocycles. The van der Waals surface area contributed by atoms with Crippen molar-refractivity contribution in [2.24, 2.45) is 4.99 Å². The first kappa shape index (κ1) is 29.8. The van der Waals surface area contributed by atoms with Gasteiger partial charge in [-0.25, -0.2) is 14.5 Å². The number of alkyl halides is 3. The highest BCUT2D eigenvalue weighted by Gasteiger charge is 2.32. The van der Waals surface area contributed by atoms with Gasteiger partial charge in [-0.1, -0.05) is 61.2 Å². The molecule has 1 saturated heterocycles. The van der Waals surface area contributed by atoms with Gasteiger partial charge in [0.15, 0.2) is 11.0 Å². The summed E-state index contributed by atoms with van der Waals surface area (Å²) in [4.78, 5) is 35.4. The molecule has 0 bridgehead atoms. The standard InChI is InChI=1S/C30H27F3N6O3S/c1-3-21-6-4-5-7-25(21)39-26(40)17-43-29(39)36-28(41)35-19(2)16-20-8-10-22(11-9-20)27-34-18-38(37-27)23-12-14-24(15-13-23)42-30(31,32)33/h4-15,18-19H,3,16-17H2,1-2H3,(H,35,41)/b36-29-. The fourth-order valence-corrected chi connectivity index (χ4v) is 5.41. The molecule has 4 aromatic rings. The summed E-state index contributed by atoms with van der Waals surface area (Å²) in [5.41, 5.74) is 3.98. The molecule has 0 aliphatic carbocycles. The van der Waals surface area contributed by atoms with Crippen molar-refractivity contribution in [2.45, 2.75) is 39.1 Å². The Kier molecular flexibility index (Phi) is 8.81. The maximum atomic E-state index is 12.8. The number of anilines is 1. The van der Waals surface area contributed by atoms with Gasteiger partial charge in [0.1, 0.15) is 12.1 Å². The first-order valence-corrected chi connectivity index (χ1v) is 14.4. The lowest BCUT2D eigenvalue weighted by Crippen LogP contribution is -2.35. The van der Waals surface area contributed by atoms with E-state index in [1.165, 1.54) is 51.9 Å². The number of ether oxygens (including phenoxy) is 1. The minimum Gasteiger partial charge on any atom is -0.406 e. The number of aliphatic imine (C=N–C) groups is 1. The van der Waals surface area contributed by atoms with Crippen LogP contribution >= 0.6 is 11.8 Å². The smallest absolute Gasteiger partial charge is 0.406 e. The SMILES string of the molecule is CCc1ccccc1N1C(=O)CS/C1=N\C(=O)NC(C)Cc1ccc(-c2ncn(-c3ccc(OC(F)(F)F)cc3)n2)cc1. The third kappa shape index (κ3) is 7.41. The highest BCUT2D eigenvalue weighted by atomic mass is 32.2. The topological polar surface area (TPSA) is 102 Å². The van der Waals surface area contributed by atoms with E-state index in [0.29, 0.717) is 23.1 Å². The van der Waals surface area contributed by atoms with Crippen LogP contribution in [0.4, 0.5) is 23.7 Å². The Labute approximate surface area is 249 Å². The average Bonchev–Trinajstić information content (AvgIpc) is 3.60. The molecule has 1 aliphatic rings. The van der Waals surface area contributed by atoms with Crippen LogP contribution in [0.3, 0.4) is 0 Å². The van der Waals surface area contributed by atoms with Crippen LogP contribution < -0.4 is 15.0 Å². The monoisotopic (exact) mass is 608 g/mol. The van der Waals surface area contributed by atoms with Crippen molar-refractivity contribution in [3.63, 3.8) is 0 Å². The second kappa shape index (κ2) is 12.7. The summed E-state index contributed by atoms with van der Waals surface area (Å²) >= 11 is 1.24. The van der Waals surface area contributed by atoms with Crippen LogP contribution in [-0.4, -0.2) is 50.0 Å². The van der Waals surface area contributed by atoms with Crippen molar-refractivity contribution >= 4 is 34.6 Å². The number of aryl methyl sites for hydroxylation is 1. The maximum Gasteiger partial charge on any atom is 0.573 e. The molecular weight excluding hydrogens is 581 g/mol. The molecule has 9 nitrogen and oxygen atoms in total. The Hall–Kier alpha value is -4.65. The summed E-state index contributed by atoms with van der Waals surface area (Å²) in [7, 11) is 0. The van der Waals surface area contributed by atoms with Crippen LogP contribution in [-0.2, 0) is 17.6 Å². The van der Waals surface area contributed by atoms with E-state index < -0.39 is 12.4 Å². The number of carbonyl (C=O) groups is 2. The van der Waals surface area contributed by atoms with Crippen LogP contribution in [0.5, 0.6) is 5.75 Å². The third-order valence-electron chi connectivity index (χ3n) is 6.53. The van der Waals surface area contributed by atoms with Gasteiger partial charge in [-0.15, -0.1) is 18.3 Å². The van der Waals surface area contributed by atoms with Crippen molar-refractivity contribution in [1.82, 2.24) is 20.1 Å². The molecule has 1 aliphatic heterocycles. The summed E-state index contributed by atoms with van der Waals surface area (Å²) < 4.78 is 42.6. The number of thioether (sulfide) groups is 1. The molecule has 43 heavy (non-hydrogen) atoms. The zero-order chi connectivity index (χ0) is 30.6. The molecule has 13 heteroatoms. The van der Waals surface area contributed by atoms with Gasteiger partial charge in [-0.2, -0.15) is 4.99 Å². The first-order valence-electron chi connectivity index (χ1n) is 13.4. The molecule has 3 aromatic carbocycles. The molecule has 0 spiro atoms. The van der Waals surface area contributed by atoms with Crippen LogP contribution in [0.1, 0.15) is 25.0 Å². The second-order valence-electron chi connectivity index (χ2n) is 9.70. The Balaban J connectivity index is 1.19. The molecule has 1 fully saturated rings. The second-order valence-corrected chi connectivity index (χ2v) is 10.6. The molecule has 1 N–H and O–H groups in total. The lowest BCUT2D eigenvalue weighted by molar-refractivity contribution is -0.274. The maximum absolute atomic E-state index is 12.8. The third-order valence-corrected chi connectivity index (χ3v) is 7.45. The van der Waals surface area contributed by atoms with Gasteiger partial charge in [0.25, 0.3) is 0 Å². The zero-order valence-corrected chi connectivity index (χ0v) is 24.0. The van der Waals surface area contributed by atoms with Gasteiger partial charge < -0.3 is 10.1 Å². The van der Waals surface area contributed by atoms with Crippen LogP contribution in [0.2, 0.25) is 0 Å². The number of rotatable bonds is 8. The first-order chi connectivity index (χ1) is 20.6. The summed E-state index contributed by atoms with van der Waals surface area (Å²) in [6.07, 6.45) is -2.00. The number of hydrogen-bond acceptors (Lipinski definition) is 6. The Morgan fingerprint density at radius 3 is 2.51 bits per heavy atom. The number of benzene rings is 3. The van der Waals surface area contributed by atoms with E-state index in [0.717, 1.165) is 28.8 Å². The molecule has 0 radical (unpaired) electrons. The molecule has 222 valence electrons. The molecule has 0 saturated carbocycles. The van der Waals surface area contributed by atoms with Gasteiger partial charge in [0.05, 0.1) is 17.1 Å². The largest absolute Gasteiger partial charge is 0.573 e. The normalized spacial score (nSPS) is 15.1. The number of carbonyl (C=O) groups excluding carboxylic acids is 2.